The lowest BCUT2D eigenvalue weighted by Gasteiger charge is -2.25. The van der Waals surface area contributed by atoms with Crippen molar-refractivity contribution in [2.45, 2.75) is 103 Å². The van der Waals surface area contributed by atoms with Gasteiger partial charge in [0, 0.05) is 17.1 Å². The lowest BCUT2D eigenvalue weighted by Crippen LogP contribution is -2.30. The Hall–Kier alpha value is -2.59. The summed E-state index contributed by atoms with van der Waals surface area (Å²) in [6, 6.07) is 15.5. The minimum atomic E-state index is -0.628. The number of aliphatic hydroxyl groups is 1. The molecule has 5 heteroatoms. The predicted molar refractivity (Wildman–Crippen MR) is 157 cm³/mol. The van der Waals surface area contributed by atoms with Crippen LogP contribution in [-0.2, 0) is 9.59 Å². The highest BCUT2D eigenvalue weighted by molar-refractivity contribution is 6.46. The van der Waals surface area contributed by atoms with E-state index in [2.05, 4.69) is 6.92 Å². The number of rotatable bonds is 17. The summed E-state index contributed by atoms with van der Waals surface area (Å²) in [4.78, 5) is 27.8. The van der Waals surface area contributed by atoms with Crippen molar-refractivity contribution >= 4 is 29.1 Å². The maximum absolute atomic E-state index is 13.1. The number of halogens is 1. The third kappa shape index (κ3) is 8.73. The Bertz CT molecular complexity index is 1030. The molecular weight excluding hydrogens is 494 g/mol. The largest absolute Gasteiger partial charge is 0.507 e. The average molecular weight is 538 g/mol. The number of nitrogens with zero attached hydrogens (tertiary/aromatic N) is 1. The van der Waals surface area contributed by atoms with E-state index in [4.69, 9.17) is 11.6 Å². The van der Waals surface area contributed by atoms with E-state index in [1.54, 1.807) is 41.3 Å². The number of Topliss-reactive ketones (excluding diaryl/α,β-unsaturated/α-hetero) is 1. The number of ketones is 1. The SMILES string of the molecule is CCCCCCCCCCCCCCCCN1C(=O)C(=O)/C(=C(/O)c2ccccc2)[C@@H]1c1ccc(Cl)cc1. The van der Waals surface area contributed by atoms with Crippen LogP contribution < -0.4 is 0 Å². The van der Waals surface area contributed by atoms with Gasteiger partial charge in [0.15, 0.2) is 0 Å². The lowest BCUT2D eigenvalue weighted by atomic mass is 9.95. The molecule has 0 aliphatic carbocycles. The number of benzene rings is 2. The summed E-state index contributed by atoms with van der Waals surface area (Å²) >= 11 is 6.10. The topological polar surface area (TPSA) is 57.6 Å². The Morgan fingerprint density at radius 3 is 1.76 bits per heavy atom. The second kappa shape index (κ2) is 16.4. The summed E-state index contributed by atoms with van der Waals surface area (Å²) in [6.07, 6.45) is 17.7. The molecule has 0 spiro atoms. The van der Waals surface area contributed by atoms with E-state index >= 15 is 0 Å². The van der Waals surface area contributed by atoms with Gasteiger partial charge in [0.05, 0.1) is 11.6 Å². The Balaban J connectivity index is 1.50. The first kappa shape index (κ1) is 30.0. The molecule has 1 aliphatic rings. The summed E-state index contributed by atoms with van der Waals surface area (Å²) < 4.78 is 0. The molecule has 1 aliphatic heterocycles. The highest BCUT2D eigenvalue weighted by atomic mass is 35.5. The number of unbranched alkanes of at least 4 members (excludes halogenated alkanes) is 13. The fourth-order valence-electron chi connectivity index (χ4n) is 5.33. The van der Waals surface area contributed by atoms with Gasteiger partial charge in [-0.05, 0) is 24.1 Å². The molecule has 1 N–H and O–H groups in total. The zero-order valence-electron chi connectivity index (χ0n) is 23.0. The number of likely N-dealkylation sites (tertiary alicyclic amines) is 1. The maximum atomic E-state index is 13.1. The molecule has 1 amide bonds. The van der Waals surface area contributed by atoms with Crippen LogP contribution in [0.15, 0.2) is 60.2 Å². The molecule has 4 nitrogen and oxygen atoms in total. The molecule has 0 radical (unpaired) electrons. The van der Waals surface area contributed by atoms with Crippen LogP contribution in [0.5, 0.6) is 0 Å². The van der Waals surface area contributed by atoms with Crippen molar-refractivity contribution in [2.75, 3.05) is 6.54 Å². The van der Waals surface area contributed by atoms with Crippen LogP contribution >= 0.6 is 11.6 Å². The van der Waals surface area contributed by atoms with Crippen LogP contribution in [0.2, 0.25) is 5.02 Å². The average Bonchev–Trinajstić information content (AvgIpc) is 3.18. The molecule has 38 heavy (non-hydrogen) atoms. The molecule has 206 valence electrons. The van der Waals surface area contributed by atoms with Crippen LogP contribution in [0, 0.1) is 0 Å². The van der Waals surface area contributed by atoms with Crippen LogP contribution in [-0.4, -0.2) is 28.2 Å². The summed E-state index contributed by atoms with van der Waals surface area (Å²) in [5, 5.41) is 11.6. The zero-order chi connectivity index (χ0) is 27.2. The van der Waals surface area contributed by atoms with Crippen molar-refractivity contribution in [1.29, 1.82) is 0 Å². The Kier molecular flexibility index (Phi) is 12.9. The van der Waals surface area contributed by atoms with E-state index in [1.807, 2.05) is 18.2 Å². The van der Waals surface area contributed by atoms with E-state index in [9.17, 15) is 14.7 Å². The molecule has 2 aromatic rings. The van der Waals surface area contributed by atoms with Crippen LogP contribution in [0.25, 0.3) is 5.76 Å². The minimum Gasteiger partial charge on any atom is -0.507 e. The standard InChI is InChI=1S/C33H44ClNO3/c1-2-3-4-5-6-7-8-9-10-11-12-13-14-18-25-35-30(26-21-23-28(34)24-22-26)29(32(37)33(35)38)31(36)27-19-16-15-17-20-27/h15-17,19-24,30,36H,2-14,18,25H2,1H3/b31-29+/t30-/m0/s1. The molecule has 2 aromatic carbocycles. The maximum Gasteiger partial charge on any atom is 0.295 e. The van der Waals surface area contributed by atoms with Crippen LogP contribution in [0.1, 0.15) is 114 Å². The Labute approximate surface area is 234 Å². The fourth-order valence-corrected chi connectivity index (χ4v) is 5.46. The normalized spacial score (nSPS) is 16.9. The second-order valence-corrected chi connectivity index (χ2v) is 10.9. The van der Waals surface area contributed by atoms with Gasteiger partial charge in [0.25, 0.3) is 11.7 Å². The number of carbonyl (C=O) groups excluding carboxylic acids is 2. The number of carbonyl (C=O) groups is 2. The monoisotopic (exact) mass is 537 g/mol. The van der Waals surface area contributed by atoms with Gasteiger partial charge in [0.2, 0.25) is 0 Å². The van der Waals surface area contributed by atoms with E-state index < -0.39 is 17.7 Å². The highest BCUT2D eigenvalue weighted by Crippen LogP contribution is 2.39. The Morgan fingerprint density at radius 2 is 1.24 bits per heavy atom. The summed E-state index contributed by atoms with van der Waals surface area (Å²) in [7, 11) is 0. The number of aliphatic hydroxyl groups excluding tert-OH is 1. The highest BCUT2D eigenvalue weighted by Gasteiger charge is 2.45. The van der Waals surface area contributed by atoms with Crippen molar-refractivity contribution < 1.29 is 14.7 Å². The molecule has 0 aromatic heterocycles. The van der Waals surface area contributed by atoms with Gasteiger partial charge in [-0.2, -0.15) is 0 Å². The van der Waals surface area contributed by atoms with Gasteiger partial charge in [-0.15, -0.1) is 0 Å². The van der Waals surface area contributed by atoms with Crippen LogP contribution in [0.3, 0.4) is 0 Å². The lowest BCUT2D eigenvalue weighted by molar-refractivity contribution is -0.139. The minimum absolute atomic E-state index is 0.132. The summed E-state index contributed by atoms with van der Waals surface area (Å²) in [6.45, 7) is 2.75. The van der Waals surface area contributed by atoms with Crippen LogP contribution in [0.4, 0.5) is 0 Å². The van der Waals surface area contributed by atoms with E-state index in [0.717, 1.165) is 24.8 Å². The molecule has 0 bridgehead atoms. The van der Waals surface area contributed by atoms with E-state index in [-0.39, 0.29) is 11.3 Å². The first-order valence-corrected chi connectivity index (χ1v) is 15.0. The quantitative estimate of drug-likeness (QED) is 0.0946. The first-order chi connectivity index (χ1) is 18.5. The Morgan fingerprint density at radius 1 is 0.737 bits per heavy atom. The van der Waals surface area contributed by atoms with Gasteiger partial charge in [-0.3, -0.25) is 9.59 Å². The van der Waals surface area contributed by atoms with Gasteiger partial charge < -0.3 is 10.0 Å². The van der Waals surface area contributed by atoms with Crippen molar-refractivity contribution in [2.24, 2.45) is 0 Å². The van der Waals surface area contributed by atoms with Gasteiger partial charge in [-0.25, -0.2) is 0 Å². The molecule has 1 fully saturated rings. The molecule has 1 heterocycles. The molecule has 1 atom stereocenters. The predicted octanol–water partition coefficient (Wildman–Crippen LogP) is 9.24. The van der Waals surface area contributed by atoms with E-state index in [0.29, 0.717) is 17.1 Å². The number of hydrogen-bond acceptors (Lipinski definition) is 3. The van der Waals surface area contributed by atoms with Gasteiger partial charge in [0.1, 0.15) is 5.76 Å². The molecule has 0 unspecified atom stereocenters. The second-order valence-electron chi connectivity index (χ2n) is 10.5. The zero-order valence-corrected chi connectivity index (χ0v) is 23.7. The summed E-state index contributed by atoms with van der Waals surface area (Å²) in [5.41, 5.74) is 1.45. The molecular formula is C33H44ClNO3. The molecule has 0 saturated carbocycles. The summed E-state index contributed by atoms with van der Waals surface area (Å²) in [5.74, 6) is -1.30. The van der Waals surface area contributed by atoms with Gasteiger partial charge >= 0.3 is 0 Å². The number of amides is 1. The van der Waals surface area contributed by atoms with Gasteiger partial charge in [-0.1, -0.05) is 144 Å². The molecule has 1 saturated heterocycles. The smallest absolute Gasteiger partial charge is 0.295 e. The number of hydrogen-bond donors (Lipinski definition) is 1. The first-order valence-electron chi connectivity index (χ1n) is 14.6. The third-order valence-corrected chi connectivity index (χ3v) is 7.78. The third-order valence-electron chi connectivity index (χ3n) is 7.53. The van der Waals surface area contributed by atoms with Crippen molar-refractivity contribution in [3.8, 4) is 0 Å². The molecule has 3 rings (SSSR count). The fraction of sp³-hybridized carbons (Fsp3) is 0.515. The van der Waals surface area contributed by atoms with E-state index in [1.165, 1.54) is 70.6 Å². The van der Waals surface area contributed by atoms with Crippen molar-refractivity contribution in [3.63, 3.8) is 0 Å². The van der Waals surface area contributed by atoms with Crippen molar-refractivity contribution in [1.82, 2.24) is 4.90 Å². The van der Waals surface area contributed by atoms with Crippen molar-refractivity contribution in [3.05, 3.63) is 76.3 Å².